The van der Waals surface area contributed by atoms with Crippen LogP contribution < -0.4 is 5.32 Å². The number of morpholine rings is 1. The number of carbonyl (C=O) groups excluding carboxylic acids is 1. The number of nitrogens with one attached hydrogen (secondary N) is 1. The van der Waals surface area contributed by atoms with Crippen molar-refractivity contribution in [1.82, 2.24) is 15.1 Å². The van der Waals surface area contributed by atoms with Crippen molar-refractivity contribution in [2.75, 3.05) is 59.0 Å². The Morgan fingerprint density at radius 1 is 0.955 bits per heavy atom. The van der Waals surface area contributed by atoms with E-state index in [9.17, 15) is 4.79 Å². The summed E-state index contributed by atoms with van der Waals surface area (Å²) in [5.41, 5.74) is 0. The van der Waals surface area contributed by atoms with Crippen LogP contribution in [0.3, 0.4) is 0 Å². The first-order valence-electron chi connectivity index (χ1n) is 9.10. The number of rotatable bonds is 4. The van der Waals surface area contributed by atoms with Gasteiger partial charge in [0.25, 0.3) is 0 Å². The second-order valence-corrected chi connectivity index (χ2v) is 7.13. The lowest BCUT2D eigenvalue weighted by Crippen LogP contribution is -2.44. The SMILES string of the molecule is O=C(CC1CCNCC1)N1CCC(CN2CCOCC2)CC1. The third-order valence-electron chi connectivity index (χ3n) is 5.51. The summed E-state index contributed by atoms with van der Waals surface area (Å²) in [6.07, 6.45) is 5.46. The molecule has 0 aromatic rings. The Morgan fingerprint density at radius 2 is 1.64 bits per heavy atom. The molecule has 0 saturated carbocycles. The van der Waals surface area contributed by atoms with Gasteiger partial charge in [-0.3, -0.25) is 9.69 Å². The number of ether oxygens (including phenoxy) is 1. The minimum atomic E-state index is 0.400. The van der Waals surface area contributed by atoms with Crippen LogP contribution in [0.5, 0.6) is 0 Å². The molecule has 1 amide bonds. The number of carbonyl (C=O) groups is 1. The molecule has 5 heteroatoms. The van der Waals surface area contributed by atoms with Crippen LogP contribution in [0, 0.1) is 11.8 Å². The summed E-state index contributed by atoms with van der Waals surface area (Å²) in [6.45, 7) is 9.22. The average Bonchev–Trinajstić information content (AvgIpc) is 2.57. The molecule has 0 aliphatic carbocycles. The van der Waals surface area contributed by atoms with E-state index in [1.807, 2.05) is 0 Å². The second kappa shape index (κ2) is 8.27. The Labute approximate surface area is 134 Å². The van der Waals surface area contributed by atoms with Gasteiger partial charge in [-0.05, 0) is 50.6 Å². The summed E-state index contributed by atoms with van der Waals surface area (Å²) in [6, 6.07) is 0. The van der Waals surface area contributed by atoms with Crippen molar-refractivity contribution in [1.29, 1.82) is 0 Å². The zero-order chi connectivity index (χ0) is 15.2. The number of hydrogen-bond acceptors (Lipinski definition) is 4. The van der Waals surface area contributed by atoms with Crippen molar-refractivity contribution in [2.45, 2.75) is 32.1 Å². The molecule has 0 spiro atoms. The van der Waals surface area contributed by atoms with Gasteiger partial charge in [0, 0.05) is 39.1 Å². The van der Waals surface area contributed by atoms with Gasteiger partial charge in [0.1, 0.15) is 0 Å². The molecule has 3 rings (SSSR count). The quantitative estimate of drug-likeness (QED) is 0.840. The highest BCUT2D eigenvalue weighted by Gasteiger charge is 2.26. The van der Waals surface area contributed by atoms with E-state index < -0.39 is 0 Å². The average molecular weight is 309 g/mol. The van der Waals surface area contributed by atoms with Gasteiger partial charge in [0.05, 0.1) is 13.2 Å². The van der Waals surface area contributed by atoms with Crippen molar-refractivity contribution in [3.05, 3.63) is 0 Å². The normalized spacial score (nSPS) is 26.3. The molecule has 3 saturated heterocycles. The van der Waals surface area contributed by atoms with Gasteiger partial charge in [-0.15, -0.1) is 0 Å². The molecule has 1 N–H and O–H groups in total. The first kappa shape index (κ1) is 16.2. The minimum Gasteiger partial charge on any atom is -0.379 e. The number of likely N-dealkylation sites (tertiary alicyclic amines) is 1. The van der Waals surface area contributed by atoms with Crippen LogP contribution in [-0.4, -0.2) is 74.7 Å². The van der Waals surface area contributed by atoms with E-state index in [0.29, 0.717) is 11.8 Å². The summed E-state index contributed by atoms with van der Waals surface area (Å²) >= 11 is 0. The lowest BCUT2D eigenvalue weighted by Gasteiger charge is -2.36. The van der Waals surface area contributed by atoms with Crippen LogP contribution in [-0.2, 0) is 9.53 Å². The fraction of sp³-hybridized carbons (Fsp3) is 0.941. The lowest BCUT2D eigenvalue weighted by molar-refractivity contribution is -0.133. The van der Waals surface area contributed by atoms with Crippen molar-refractivity contribution in [3.63, 3.8) is 0 Å². The fourth-order valence-corrected chi connectivity index (χ4v) is 3.98. The maximum atomic E-state index is 12.4. The summed E-state index contributed by atoms with van der Waals surface area (Å²) in [5, 5.41) is 3.37. The summed E-state index contributed by atoms with van der Waals surface area (Å²) < 4.78 is 5.41. The van der Waals surface area contributed by atoms with Crippen LogP contribution in [0.15, 0.2) is 0 Å². The van der Waals surface area contributed by atoms with Gasteiger partial charge >= 0.3 is 0 Å². The van der Waals surface area contributed by atoms with Crippen LogP contribution in [0.1, 0.15) is 32.1 Å². The summed E-state index contributed by atoms with van der Waals surface area (Å²) in [4.78, 5) is 17.1. The lowest BCUT2D eigenvalue weighted by atomic mass is 9.92. The summed E-state index contributed by atoms with van der Waals surface area (Å²) in [5.74, 6) is 1.78. The molecule has 0 aromatic carbocycles. The molecule has 5 nitrogen and oxygen atoms in total. The van der Waals surface area contributed by atoms with E-state index in [1.54, 1.807) is 0 Å². The van der Waals surface area contributed by atoms with Gasteiger partial charge in [0.15, 0.2) is 0 Å². The van der Waals surface area contributed by atoms with E-state index in [0.717, 1.165) is 64.8 Å². The summed E-state index contributed by atoms with van der Waals surface area (Å²) in [7, 11) is 0. The predicted molar refractivity (Wildman–Crippen MR) is 86.8 cm³/mol. The number of piperidine rings is 2. The standard InChI is InChI=1S/C17H31N3O2/c21-17(13-15-1-5-18-6-2-15)20-7-3-16(4-8-20)14-19-9-11-22-12-10-19/h15-16,18H,1-14H2. The molecule has 0 unspecified atom stereocenters. The van der Waals surface area contributed by atoms with Crippen LogP contribution in [0.25, 0.3) is 0 Å². The third kappa shape index (κ3) is 4.67. The van der Waals surface area contributed by atoms with E-state index in [-0.39, 0.29) is 0 Å². The van der Waals surface area contributed by atoms with Crippen LogP contribution >= 0.6 is 0 Å². The molecule has 3 aliphatic rings. The fourth-order valence-electron chi connectivity index (χ4n) is 3.98. The highest BCUT2D eigenvalue weighted by Crippen LogP contribution is 2.22. The largest absolute Gasteiger partial charge is 0.379 e. The van der Waals surface area contributed by atoms with E-state index in [4.69, 9.17) is 4.74 Å². The second-order valence-electron chi connectivity index (χ2n) is 7.13. The van der Waals surface area contributed by atoms with Gasteiger partial charge in [-0.2, -0.15) is 0 Å². The number of nitrogens with zero attached hydrogens (tertiary/aromatic N) is 2. The van der Waals surface area contributed by atoms with E-state index in [1.165, 1.54) is 32.2 Å². The molecule has 3 aliphatic heterocycles. The molecule has 0 atom stereocenters. The van der Waals surface area contributed by atoms with Crippen LogP contribution in [0.4, 0.5) is 0 Å². The number of hydrogen-bond donors (Lipinski definition) is 1. The molecular weight excluding hydrogens is 278 g/mol. The Morgan fingerprint density at radius 3 is 2.32 bits per heavy atom. The van der Waals surface area contributed by atoms with Crippen molar-refractivity contribution >= 4 is 5.91 Å². The third-order valence-corrected chi connectivity index (χ3v) is 5.51. The van der Waals surface area contributed by atoms with E-state index >= 15 is 0 Å². The first-order chi connectivity index (χ1) is 10.8. The maximum Gasteiger partial charge on any atom is 0.222 e. The Hall–Kier alpha value is -0.650. The monoisotopic (exact) mass is 309 g/mol. The smallest absolute Gasteiger partial charge is 0.222 e. The van der Waals surface area contributed by atoms with Crippen LogP contribution in [0.2, 0.25) is 0 Å². The highest BCUT2D eigenvalue weighted by molar-refractivity contribution is 5.76. The Kier molecular flexibility index (Phi) is 6.10. The number of amides is 1. The topological polar surface area (TPSA) is 44.8 Å². The maximum absolute atomic E-state index is 12.4. The van der Waals surface area contributed by atoms with Gasteiger partial charge in [-0.1, -0.05) is 0 Å². The Bertz CT molecular complexity index is 344. The van der Waals surface area contributed by atoms with Gasteiger partial charge < -0.3 is 15.0 Å². The van der Waals surface area contributed by atoms with E-state index in [2.05, 4.69) is 15.1 Å². The molecule has 22 heavy (non-hydrogen) atoms. The van der Waals surface area contributed by atoms with Crippen molar-refractivity contribution in [3.8, 4) is 0 Å². The molecule has 0 bridgehead atoms. The Balaban J connectivity index is 1.36. The van der Waals surface area contributed by atoms with Crippen molar-refractivity contribution in [2.24, 2.45) is 11.8 Å². The molecule has 0 radical (unpaired) electrons. The molecule has 126 valence electrons. The molecule has 3 heterocycles. The predicted octanol–water partition coefficient (Wildman–Crippen LogP) is 0.947. The molecular formula is C17H31N3O2. The van der Waals surface area contributed by atoms with Crippen molar-refractivity contribution < 1.29 is 9.53 Å². The minimum absolute atomic E-state index is 0.400. The van der Waals surface area contributed by atoms with Gasteiger partial charge in [-0.25, -0.2) is 0 Å². The zero-order valence-corrected chi connectivity index (χ0v) is 13.8. The molecule has 0 aromatic heterocycles. The molecule has 3 fully saturated rings. The highest BCUT2D eigenvalue weighted by atomic mass is 16.5. The first-order valence-corrected chi connectivity index (χ1v) is 9.10. The zero-order valence-electron chi connectivity index (χ0n) is 13.8. The van der Waals surface area contributed by atoms with Gasteiger partial charge in [0.2, 0.25) is 5.91 Å².